The van der Waals surface area contributed by atoms with E-state index in [1.54, 1.807) is 36.4 Å². The molecule has 0 unspecified atom stereocenters. The van der Waals surface area contributed by atoms with Gasteiger partial charge in [0, 0.05) is 16.7 Å². The molecule has 1 aliphatic rings. The Balaban J connectivity index is 2.08. The first-order valence-electron chi connectivity index (χ1n) is 9.27. The van der Waals surface area contributed by atoms with Crippen molar-refractivity contribution < 1.29 is 29.3 Å². The van der Waals surface area contributed by atoms with Crippen molar-refractivity contribution in [2.24, 2.45) is 0 Å². The lowest BCUT2D eigenvalue weighted by molar-refractivity contribution is 0.0251. The Kier molecular flexibility index (Phi) is 4.42. The molecule has 6 nitrogen and oxygen atoms in total. The number of hydrogen-bond donors (Lipinski definition) is 2. The lowest BCUT2D eigenvalue weighted by Crippen LogP contribution is -2.30. The summed E-state index contributed by atoms with van der Waals surface area (Å²) in [5, 5.41) is 20.2. The number of hydrogen-bond acceptors (Lipinski definition) is 6. The molecule has 0 aromatic heterocycles. The summed E-state index contributed by atoms with van der Waals surface area (Å²) in [5.41, 5.74) is 0.468. The molecule has 30 heavy (non-hydrogen) atoms. The molecule has 0 amide bonds. The molecule has 0 radical (unpaired) electrons. The third kappa shape index (κ3) is 2.76. The van der Waals surface area contributed by atoms with Gasteiger partial charge < -0.3 is 14.9 Å². The minimum atomic E-state index is -1.45. The van der Waals surface area contributed by atoms with Gasteiger partial charge in [0.15, 0.2) is 17.2 Å². The lowest BCUT2D eigenvalue weighted by atomic mass is 9.78. The van der Waals surface area contributed by atoms with Gasteiger partial charge in [-0.15, -0.1) is 0 Å². The number of phenolic OH excluding ortho intramolecular Hbond substituents is 2. The average molecular weight is 402 g/mol. The van der Waals surface area contributed by atoms with Crippen LogP contribution in [-0.2, 0) is 10.3 Å². The van der Waals surface area contributed by atoms with Crippen LogP contribution < -0.4 is 0 Å². The first-order chi connectivity index (χ1) is 14.3. The molecule has 0 bridgehead atoms. The molecule has 1 aliphatic heterocycles. The molecule has 0 saturated carbocycles. The normalized spacial score (nSPS) is 14.1. The van der Waals surface area contributed by atoms with Crippen LogP contribution in [0, 0.1) is 0 Å². The SMILES string of the molecule is CC(=O)c1cc(C2(c3ccc(O)c(C(C)=O)c3)OC(=O)c3ccccc32)ccc1O. The standard InChI is InChI=1S/C24H18O6/c1-13(25)18-11-15(7-9-21(18)27)24(16-8-10-22(28)19(12-16)14(2)26)20-6-4-3-5-17(20)23(29)30-24/h3-12,27-28H,1-2H3. The van der Waals surface area contributed by atoms with Crippen LogP contribution in [0.3, 0.4) is 0 Å². The molecule has 0 saturated heterocycles. The fraction of sp³-hybridized carbons (Fsp3) is 0.125. The fourth-order valence-corrected chi connectivity index (χ4v) is 3.89. The Bertz CT molecular complexity index is 1160. The first-order valence-corrected chi connectivity index (χ1v) is 9.27. The summed E-state index contributed by atoms with van der Waals surface area (Å²) in [4.78, 5) is 36.8. The van der Waals surface area contributed by atoms with E-state index in [1.807, 2.05) is 0 Å². The highest BCUT2D eigenvalue weighted by Gasteiger charge is 2.49. The number of benzene rings is 3. The van der Waals surface area contributed by atoms with E-state index in [2.05, 4.69) is 0 Å². The summed E-state index contributed by atoms with van der Waals surface area (Å²) in [7, 11) is 0. The highest BCUT2D eigenvalue weighted by molar-refractivity contribution is 5.99. The van der Waals surface area contributed by atoms with Crippen LogP contribution in [-0.4, -0.2) is 27.7 Å². The molecular weight excluding hydrogens is 384 g/mol. The van der Waals surface area contributed by atoms with Crippen LogP contribution in [0.4, 0.5) is 0 Å². The van der Waals surface area contributed by atoms with Crippen molar-refractivity contribution in [3.8, 4) is 11.5 Å². The molecule has 0 fully saturated rings. The van der Waals surface area contributed by atoms with E-state index in [1.165, 1.54) is 38.1 Å². The van der Waals surface area contributed by atoms with Gasteiger partial charge in [-0.25, -0.2) is 4.79 Å². The number of carbonyl (C=O) groups excluding carboxylic acids is 3. The largest absolute Gasteiger partial charge is 0.507 e. The smallest absolute Gasteiger partial charge is 0.340 e. The summed E-state index contributed by atoms with van der Waals surface area (Å²) in [6.45, 7) is 2.66. The Hall–Kier alpha value is -3.93. The average Bonchev–Trinajstić information content (AvgIpc) is 3.02. The molecule has 2 N–H and O–H groups in total. The fourth-order valence-electron chi connectivity index (χ4n) is 3.89. The maximum atomic E-state index is 12.7. The van der Waals surface area contributed by atoms with E-state index in [0.29, 0.717) is 22.3 Å². The topological polar surface area (TPSA) is 101 Å². The van der Waals surface area contributed by atoms with Crippen LogP contribution in [0.1, 0.15) is 61.6 Å². The van der Waals surface area contributed by atoms with Crippen LogP contribution in [0.25, 0.3) is 0 Å². The number of ketones is 2. The number of carbonyl (C=O) groups is 3. The second-order valence-electron chi connectivity index (χ2n) is 7.19. The van der Waals surface area contributed by atoms with Crippen LogP contribution in [0.15, 0.2) is 60.7 Å². The lowest BCUT2D eigenvalue weighted by Gasteiger charge is -2.31. The van der Waals surface area contributed by atoms with Gasteiger partial charge in [0.1, 0.15) is 11.5 Å². The number of rotatable bonds is 4. The molecule has 0 spiro atoms. The van der Waals surface area contributed by atoms with Crippen molar-refractivity contribution in [1.82, 2.24) is 0 Å². The van der Waals surface area contributed by atoms with Crippen molar-refractivity contribution in [3.05, 3.63) is 94.0 Å². The van der Waals surface area contributed by atoms with Gasteiger partial charge in [-0.1, -0.05) is 30.3 Å². The Morgan fingerprint density at radius 3 is 1.80 bits per heavy atom. The van der Waals surface area contributed by atoms with Crippen LogP contribution in [0.5, 0.6) is 11.5 Å². The van der Waals surface area contributed by atoms with E-state index < -0.39 is 11.6 Å². The highest BCUT2D eigenvalue weighted by atomic mass is 16.6. The number of ether oxygens (including phenoxy) is 1. The number of aromatic hydroxyl groups is 2. The predicted molar refractivity (Wildman–Crippen MR) is 108 cm³/mol. The first kappa shape index (κ1) is 19.4. The summed E-state index contributed by atoms with van der Waals surface area (Å²) in [6.07, 6.45) is 0. The molecule has 0 aliphatic carbocycles. The van der Waals surface area contributed by atoms with Gasteiger partial charge >= 0.3 is 5.97 Å². The zero-order chi connectivity index (χ0) is 21.6. The number of Topliss-reactive ketones (excluding diaryl/α,β-unsaturated/α-hetero) is 2. The number of cyclic esters (lactones) is 1. The zero-order valence-corrected chi connectivity index (χ0v) is 16.3. The summed E-state index contributed by atoms with van der Waals surface area (Å²) < 4.78 is 5.92. The van der Waals surface area contributed by atoms with E-state index in [4.69, 9.17) is 4.74 Å². The van der Waals surface area contributed by atoms with Gasteiger partial charge in [-0.2, -0.15) is 0 Å². The van der Waals surface area contributed by atoms with Gasteiger partial charge in [0.05, 0.1) is 16.7 Å². The van der Waals surface area contributed by atoms with Crippen molar-refractivity contribution in [2.45, 2.75) is 19.4 Å². The second kappa shape index (κ2) is 6.84. The molecule has 6 heteroatoms. The maximum absolute atomic E-state index is 12.7. The summed E-state index contributed by atoms with van der Waals surface area (Å²) in [6, 6.07) is 15.7. The van der Waals surface area contributed by atoms with E-state index in [9.17, 15) is 24.6 Å². The van der Waals surface area contributed by atoms with E-state index in [-0.39, 0.29) is 34.2 Å². The van der Waals surface area contributed by atoms with Crippen molar-refractivity contribution in [3.63, 3.8) is 0 Å². The van der Waals surface area contributed by atoms with Crippen molar-refractivity contribution >= 4 is 17.5 Å². The Labute approximate surface area is 172 Å². The second-order valence-corrected chi connectivity index (χ2v) is 7.19. The third-order valence-electron chi connectivity index (χ3n) is 5.34. The minimum Gasteiger partial charge on any atom is -0.507 e. The van der Waals surface area contributed by atoms with Crippen LogP contribution in [0.2, 0.25) is 0 Å². The molecule has 1 heterocycles. The molecule has 3 aromatic rings. The third-order valence-corrected chi connectivity index (χ3v) is 5.34. The van der Waals surface area contributed by atoms with Gasteiger partial charge in [-0.3, -0.25) is 9.59 Å². The van der Waals surface area contributed by atoms with Gasteiger partial charge in [0.25, 0.3) is 0 Å². The monoisotopic (exact) mass is 402 g/mol. The van der Waals surface area contributed by atoms with Crippen molar-refractivity contribution in [1.29, 1.82) is 0 Å². The number of esters is 1. The number of phenols is 2. The van der Waals surface area contributed by atoms with Gasteiger partial charge in [0.2, 0.25) is 0 Å². The molecule has 150 valence electrons. The number of fused-ring (bicyclic) bond motifs is 1. The quantitative estimate of drug-likeness (QED) is 0.506. The maximum Gasteiger partial charge on any atom is 0.340 e. The summed E-state index contributed by atoms with van der Waals surface area (Å²) >= 11 is 0. The minimum absolute atomic E-state index is 0.0814. The molecule has 3 aromatic carbocycles. The molecular formula is C24H18O6. The predicted octanol–water partition coefficient (Wildman–Crippen LogP) is 3.97. The summed E-state index contributed by atoms with van der Waals surface area (Å²) in [5.74, 6) is -1.63. The highest BCUT2D eigenvalue weighted by Crippen LogP contribution is 2.48. The van der Waals surface area contributed by atoms with E-state index >= 15 is 0 Å². The molecule has 0 atom stereocenters. The Morgan fingerprint density at radius 2 is 1.30 bits per heavy atom. The Morgan fingerprint density at radius 1 is 0.800 bits per heavy atom. The van der Waals surface area contributed by atoms with Crippen molar-refractivity contribution in [2.75, 3.05) is 0 Å². The van der Waals surface area contributed by atoms with E-state index in [0.717, 1.165) is 0 Å². The van der Waals surface area contributed by atoms with Crippen LogP contribution >= 0.6 is 0 Å². The molecule has 4 rings (SSSR count). The van der Waals surface area contributed by atoms with Gasteiger partial charge in [-0.05, 0) is 44.2 Å². The zero-order valence-electron chi connectivity index (χ0n) is 16.3.